The van der Waals surface area contributed by atoms with Crippen LogP contribution in [0.3, 0.4) is 0 Å². The van der Waals surface area contributed by atoms with Gasteiger partial charge in [0, 0.05) is 18.0 Å². The maximum Gasteiger partial charge on any atom is 0.268 e. The molecule has 2 atom stereocenters. The van der Waals surface area contributed by atoms with Gasteiger partial charge in [-0.3, -0.25) is 10.1 Å². The number of carbonyl (C=O) groups excluding carboxylic acids is 1. The van der Waals surface area contributed by atoms with Crippen LogP contribution in [0.25, 0.3) is 0 Å². The zero-order valence-corrected chi connectivity index (χ0v) is 13.3. The van der Waals surface area contributed by atoms with Gasteiger partial charge in [0.2, 0.25) is 5.88 Å². The number of hydrogen-bond acceptors (Lipinski definition) is 5. The highest BCUT2D eigenvalue weighted by Gasteiger charge is 2.39. The lowest BCUT2D eigenvalue weighted by Gasteiger charge is -2.01. The van der Waals surface area contributed by atoms with Gasteiger partial charge in [-0.1, -0.05) is 5.16 Å². The molecule has 0 saturated heterocycles. The standard InChI is InChI=1S/C16H19N3O2S/c1-9-4-15(21-19-9)18-16(20)14-5-11(8-22-14)12-6-13(12)17-7-10-2-3-10/h4-5,8,10,12-13,17H,2-3,6-7H2,1H3,(H,18,20). The molecular formula is C16H19N3O2S. The molecule has 0 spiro atoms. The minimum atomic E-state index is -0.129. The van der Waals surface area contributed by atoms with Crippen molar-refractivity contribution in [3.63, 3.8) is 0 Å². The van der Waals surface area contributed by atoms with Gasteiger partial charge >= 0.3 is 0 Å². The van der Waals surface area contributed by atoms with Gasteiger partial charge in [-0.05, 0) is 55.7 Å². The van der Waals surface area contributed by atoms with Gasteiger partial charge in [-0.15, -0.1) is 11.3 Å². The maximum atomic E-state index is 12.2. The SMILES string of the molecule is Cc1cc(NC(=O)c2cc(C3CC3NCC3CC3)cs2)on1. The molecule has 116 valence electrons. The predicted molar refractivity (Wildman–Crippen MR) is 85.4 cm³/mol. The summed E-state index contributed by atoms with van der Waals surface area (Å²) in [6.07, 6.45) is 3.95. The Morgan fingerprint density at radius 3 is 3.05 bits per heavy atom. The average molecular weight is 317 g/mol. The molecule has 5 nitrogen and oxygen atoms in total. The third kappa shape index (κ3) is 3.08. The fraction of sp³-hybridized carbons (Fsp3) is 0.500. The number of aryl methyl sites for hydroxylation is 1. The number of nitrogens with one attached hydrogen (secondary N) is 2. The van der Waals surface area contributed by atoms with Crippen molar-refractivity contribution in [3.05, 3.63) is 33.6 Å². The molecule has 4 rings (SSSR count). The van der Waals surface area contributed by atoms with E-state index in [4.69, 9.17) is 4.52 Å². The number of thiophene rings is 1. The first-order valence-electron chi connectivity index (χ1n) is 7.75. The molecule has 2 aromatic rings. The molecule has 2 unspecified atom stereocenters. The molecule has 0 aliphatic heterocycles. The fourth-order valence-corrected chi connectivity index (χ4v) is 3.56. The average Bonchev–Trinajstić information content (AvgIpc) is 3.38. The Morgan fingerprint density at radius 2 is 2.32 bits per heavy atom. The van der Waals surface area contributed by atoms with Gasteiger partial charge in [0.1, 0.15) is 0 Å². The second-order valence-corrected chi connectivity index (χ2v) is 7.24. The van der Waals surface area contributed by atoms with Crippen molar-refractivity contribution in [2.75, 3.05) is 11.9 Å². The molecule has 2 fully saturated rings. The molecule has 2 N–H and O–H groups in total. The molecule has 0 bridgehead atoms. The smallest absolute Gasteiger partial charge is 0.268 e. The lowest BCUT2D eigenvalue weighted by molar-refractivity contribution is 0.102. The topological polar surface area (TPSA) is 67.2 Å². The van der Waals surface area contributed by atoms with Gasteiger partial charge in [-0.25, -0.2) is 0 Å². The molecule has 0 radical (unpaired) electrons. The summed E-state index contributed by atoms with van der Waals surface area (Å²) in [5.41, 5.74) is 2.03. The summed E-state index contributed by atoms with van der Waals surface area (Å²) >= 11 is 1.49. The molecular weight excluding hydrogens is 298 g/mol. The third-order valence-corrected chi connectivity index (χ3v) is 5.24. The summed E-state index contributed by atoms with van der Waals surface area (Å²) in [7, 11) is 0. The molecule has 6 heteroatoms. The van der Waals surface area contributed by atoms with E-state index in [9.17, 15) is 4.79 Å². The van der Waals surface area contributed by atoms with Gasteiger partial charge in [0.15, 0.2) is 0 Å². The third-order valence-electron chi connectivity index (χ3n) is 4.29. The Kier molecular flexibility index (Phi) is 3.50. The van der Waals surface area contributed by atoms with Crippen molar-refractivity contribution in [1.82, 2.24) is 10.5 Å². The van der Waals surface area contributed by atoms with Crippen LogP contribution in [0.5, 0.6) is 0 Å². The molecule has 22 heavy (non-hydrogen) atoms. The van der Waals surface area contributed by atoms with Crippen LogP contribution < -0.4 is 10.6 Å². The van der Waals surface area contributed by atoms with E-state index >= 15 is 0 Å². The Bertz CT molecular complexity index is 689. The Labute approximate surface area is 133 Å². The fourth-order valence-electron chi connectivity index (χ4n) is 2.69. The van der Waals surface area contributed by atoms with Crippen LogP contribution in [-0.4, -0.2) is 23.7 Å². The molecule has 2 saturated carbocycles. The first-order chi connectivity index (χ1) is 10.7. The van der Waals surface area contributed by atoms with E-state index in [2.05, 4.69) is 21.2 Å². The van der Waals surface area contributed by atoms with Crippen LogP contribution in [0.2, 0.25) is 0 Å². The Balaban J connectivity index is 1.34. The van der Waals surface area contributed by atoms with Crippen molar-refractivity contribution in [1.29, 1.82) is 0 Å². The summed E-state index contributed by atoms with van der Waals surface area (Å²) in [4.78, 5) is 12.9. The van der Waals surface area contributed by atoms with Crippen LogP contribution in [0.4, 0.5) is 5.88 Å². The van der Waals surface area contributed by atoms with Crippen molar-refractivity contribution in [3.8, 4) is 0 Å². The monoisotopic (exact) mass is 317 g/mol. The quantitative estimate of drug-likeness (QED) is 0.859. The van der Waals surface area contributed by atoms with Crippen LogP contribution in [-0.2, 0) is 0 Å². The number of aromatic nitrogens is 1. The molecule has 2 aromatic heterocycles. The summed E-state index contributed by atoms with van der Waals surface area (Å²) < 4.78 is 5.01. The number of amides is 1. The summed E-state index contributed by atoms with van der Waals surface area (Å²) in [5.74, 6) is 1.75. The summed E-state index contributed by atoms with van der Waals surface area (Å²) in [6, 6.07) is 4.32. The van der Waals surface area contributed by atoms with Gasteiger partial charge < -0.3 is 9.84 Å². The van der Waals surface area contributed by atoms with E-state index < -0.39 is 0 Å². The van der Waals surface area contributed by atoms with E-state index in [1.54, 1.807) is 6.07 Å². The second kappa shape index (κ2) is 5.52. The molecule has 2 aliphatic rings. The normalized spacial score (nSPS) is 23.5. The van der Waals surface area contributed by atoms with E-state index in [1.807, 2.05) is 13.0 Å². The highest BCUT2D eigenvalue weighted by Crippen LogP contribution is 2.43. The summed E-state index contributed by atoms with van der Waals surface area (Å²) in [5, 5.41) is 12.2. The van der Waals surface area contributed by atoms with Gasteiger partial charge in [0.05, 0.1) is 10.6 Å². The van der Waals surface area contributed by atoms with Crippen LogP contribution in [0.15, 0.2) is 22.0 Å². The van der Waals surface area contributed by atoms with Crippen LogP contribution in [0, 0.1) is 12.8 Å². The number of hydrogen-bond donors (Lipinski definition) is 2. The van der Waals surface area contributed by atoms with E-state index in [1.165, 1.54) is 36.2 Å². The van der Waals surface area contributed by atoms with Crippen molar-refractivity contribution in [2.45, 2.75) is 38.1 Å². The highest BCUT2D eigenvalue weighted by molar-refractivity contribution is 7.12. The van der Waals surface area contributed by atoms with Crippen LogP contribution in [0.1, 0.15) is 46.1 Å². The minimum absolute atomic E-state index is 0.129. The predicted octanol–water partition coefficient (Wildman–Crippen LogP) is 3.15. The number of rotatable bonds is 6. The number of nitrogens with zero attached hydrogens (tertiary/aromatic N) is 1. The number of anilines is 1. The molecule has 2 aliphatic carbocycles. The van der Waals surface area contributed by atoms with Crippen molar-refractivity contribution >= 4 is 23.1 Å². The van der Waals surface area contributed by atoms with Crippen molar-refractivity contribution < 1.29 is 9.32 Å². The highest BCUT2D eigenvalue weighted by atomic mass is 32.1. The Morgan fingerprint density at radius 1 is 1.45 bits per heavy atom. The Hall–Kier alpha value is -1.66. The van der Waals surface area contributed by atoms with Gasteiger partial charge in [-0.2, -0.15) is 0 Å². The zero-order chi connectivity index (χ0) is 15.1. The number of carbonyl (C=O) groups is 1. The second-order valence-electron chi connectivity index (χ2n) is 6.33. The lowest BCUT2D eigenvalue weighted by Crippen LogP contribution is -2.20. The van der Waals surface area contributed by atoms with Gasteiger partial charge in [0.25, 0.3) is 5.91 Å². The largest absolute Gasteiger partial charge is 0.338 e. The van der Waals surface area contributed by atoms with E-state index in [-0.39, 0.29) is 5.91 Å². The first-order valence-corrected chi connectivity index (χ1v) is 8.63. The van der Waals surface area contributed by atoms with E-state index in [0.717, 1.165) is 23.0 Å². The van der Waals surface area contributed by atoms with E-state index in [0.29, 0.717) is 17.8 Å². The molecule has 1 amide bonds. The first kappa shape index (κ1) is 14.0. The molecule has 2 heterocycles. The minimum Gasteiger partial charge on any atom is -0.338 e. The van der Waals surface area contributed by atoms with Crippen LogP contribution >= 0.6 is 11.3 Å². The maximum absolute atomic E-state index is 12.2. The summed E-state index contributed by atoms with van der Waals surface area (Å²) in [6.45, 7) is 2.98. The van der Waals surface area contributed by atoms with Crippen molar-refractivity contribution in [2.24, 2.45) is 5.92 Å². The molecule has 0 aromatic carbocycles. The zero-order valence-electron chi connectivity index (χ0n) is 12.5. The lowest BCUT2D eigenvalue weighted by atomic mass is 10.2.